The molecule has 2 heterocycles. The van der Waals surface area contributed by atoms with E-state index in [9.17, 15) is 53.5 Å². The Morgan fingerprint density at radius 3 is 2.45 bits per heavy atom. The highest BCUT2D eigenvalue weighted by atomic mass is 31.2. The summed E-state index contributed by atoms with van der Waals surface area (Å²) in [6.45, 7) is 0.0993. The Labute approximate surface area is 355 Å². The van der Waals surface area contributed by atoms with Gasteiger partial charge in [0.15, 0.2) is 23.6 Å². The number of carboxylic acids is 1. The van der Waals surface area contributed by atoms with E-state index in [1.54, 1.807) is 55.4 Å². The minimum absolute atomic E-state index is 0.0215. The molecular formula is C36H47N11O13P2. The third-order valence-corrected chi connectivity index (χ3v) is 12.2. The number of esters is 1. The highest BCUT2D eigenvalue weighted by Crippen LogP contribution is 2.64. The maximum Gasteiger partial charge on any atom is 0.366 e. The lowest BCUT2D eigenvalue weighted by Crippen LogP contribution is -2.43. The number of carbonyl (C=O) groups excluding carboxylic acids is 3. The fourth-order valence-electron chi connectivity index (χ4n) is 5.49. The summed E-state index contributed by atoms with van der Waals surface area (Å²) >= 11 is 0. The number of nitrogen functional groups attached to an aromatic ring is 2. The SMILES string of the molecule is CN(CCCOc1cccc(/C=N/NC(=O)COC(=O)C(CCC(=O)O)NC(=O)c2ccc(N(C)Cc3cnc4nc(N)nc(N)c4n3)cc2)c1)CCC(O)(P(O)O)P(=O)(O)O. The lowest BCUT2D eigenvalue weighted by molar-refractivity contribution is -0.150. The number of aliphatic carboxylic acids is 1. The maximum atomic E-state index is 13.1. The molecule has 0 aliphatic carbocycles. The van der Waals surface area contributed by atoms with Gasteiger partial charge in [-0.05, 0) is 61.9 Å². The van der Waals surface area contributed by atoms with Crippen molar-refractivity contribution in [1.82, 2.24) is 35.6 Å². The molecule has 0 aliphatic rings. The zero-order valence-electron chi connectivity index (χ0n) is 33.4. The predicted octanol–water partition coefficient (Wildman–Crippen LogP) is 0.0884. The molecule has 2 atom stereocenters. The first kappa shape index (κ1) is 48.7. The minimum atomic E-state index is -5.19. The number of nitrogens with one attached hydrogen (secondary N) is 2. The van der Waals surface area contributed by atoms with Gasteiger partial charge in [-0.1, -0.05) is 12.1 Å². The number of amides is 2. The number of rotatable bonds is 23. The lowest BCUT2D eigenvalue weighted by atomic mass is 10.1. The number of hydrogen-bond donors (Lipinski definition) is 10. The van der Waals surface area contributed by atoms with Crippen molar-refractivity contribution in [3.8, 4) is 5.75 Å². The zero-order valence-corrected chi connectivity index (χ0v) is 35.2. The highest BCUT2D eigenvalue weighted by molar-refractivity contribution is 7.69. The molecule has 0 fully saturated rings. The van der Waals surface area contributed by atoms with Gasteiger partial charge in [0.2, 0.25) is 19.4 Å². The monoisotopic (exact) mass is 903 g/mol. The summed E-state index contributed by atoms with van der Waals surface area (Å²) in [4.78, 5) is 107. The van der Waals surface area contributed by atoms with E-state index in [0.717, 1.165) is 0 Å². The normalized spacial score (nSPS) is 13.2. The fraction of sp³-hybridized carbons (Fsp3) is 0.361. The Morgan fingerprint density at radius 2 is 1.77 bits per heavy atom. The third kappa shape index (κ3) is 14.3. The quantitative estimate of drug-likeness (QED) is 0.0155. The van der Waals surface area contributed by atoms with Gasteiger partial charge in [-0.2, -0.15) is 15.1 Å². The van der Waals surface area contributed by atoms with Crippen LogP contribution in [0.5, 0.6) is 5.75 Å². The van der Waals surface area contributed by atoms with Crippen LogP contribution in [0, 0.1) is 0 Å². The first-order valence-corrected chi connectivity index (χ1v) is 21.4. The number of hydrazone groups is 1. The number of benzene rings is 2. The second kappa shape index (κ2) is 22.2. The molecule has 26 heteroatoms. The van der Waals surface area contributed by atoms with Crippen LogP contribution in [0.25, 0.3) is 11.2 Å². The van der Waals surface area contributed by atoms with Crippen molar-refractivity contribution in [1.29, 1.82) is 0 Å². The van der Waals surface area contributed by atoms with Crippen LogP contribution in [-0.2, 0) is 30.2 Å². The molecule has 2 unspecified atom stereocenters. The van der Waals surface area contributed by atoms with Gasteiger partial charge >= 0.3 is 19.5 Å². The molecule has 24 nitrogen and oxygen atoms in total. The molecule has 0 saturated carbocycles. The Hall–Kier alpha value is -5.97. The van der Waals surface area contributed by atoms with Gasteiger partial charge in [-0.3, -0.25) is 18.9 Å². The van der Waals surface area contributed by atoms with Gasteiger partial charge in [0.1, 0.15) is 11.8 Å². The largest absolute Gasteiger partial charge is 0.494 e. The van der Waals surface area contributed by atoms with Crippen LogP contribution in [0.3, 0.4) is 0 Å². The van der Waals surface area contributed by atoms with E-state index in [1.165, 1.54) is 24.5 Å². The number of ether oxygens (including phenoxy) is 2. The van der Waals surface area contributed by atoms with E-state index in [2.05, 4.69) is 35.8 Å². The molecule has 0 radical (unpaired) electrons. The lowest BCUT2D eigenvalue weighted by Gasteiger charge is -2.30. The Kier molecular flexibility index (Phi) is 17.5. The summed E-state index contributed by atoms with van der Waals surface area (Å²) in [6.07, 6.45) is 1.94. The molecule has 0 aliphatic heterocycles. The van der Waals surface area contributed by atoms with Gasteiger partial charge < -0.3 is 65.8 Å². The molecule has 334 valence electrons. The summed E-state index contributed by atoms with van der Waals surface area (Å²) in [5.74, 6) is -3.24. The average Bonchev–Trinajstić information content (AvgIpc) is 3.21. The van der Waals surface area contributed by atoms with Crippen LogP contribution in [-0.4, -0.2) is 136 Å². The number of anilines is 3. The summed E-state index contributed by atoms with van der Waals surface area (Å²) < 4.78 is 22.3. The number of aliphatic hydroxyl groups is 1. The Morgan fingerprint density at radius 1 is 1.05 bits per heavy atom. The molecule has 12 N–H and O–H groups in total. The van der Waals surface area contributed by atoms with Crippen molar-refractivity contribution in [2.45, 2.75) is 43.4 Å². The summed E-state index contributed by atoms with van der Waals surface area (Å²) in [6, 6.07) is 11.6. The van der Waals surface area contributed by atoms with Crippen LogP contribution in [0.1, 0.15) is 47.3 Å². The molecule has 4 rings (SSSR count). The second-order valence-electron chi connectivity index (χ2n) is 13.7. The van der Waals surface area contributed by atoms with Gasteiger partial charge in [0, 0.05) is 44.2 Å². The fourth-order valence-corrected chi connectivity index (χ4v) is 7.11. The van der Waals surface area contributed by atoms with Gasteiger partial charge in [0.25, 0.3) is 11.8 Å². The summed E-state index contributed by atoms with van der Waals surface area (Å²) in [5, 5.41) is 22.7. The average molecular weight is 904 g/mol. The number of fused-ring (bicyclic) bond motifs is 1. The van der Waals surface area contributed by atoms with Gasteiger partial charge in [-0.15, -0.1) is 0 Å². The van der Waals surface area contributed by atoms with Crippen molar-refractivity contribution < 1.29 is 63.0 Å². The number of nitrogens with zero attached hydrogens (tertiary/aromatic N) is 7. The summed E-state index contributed by atoms with van der Waals surface area (Å²) in [5.41, 5.74) is 16.2. The number of aromatic nitrogens is 4. The van der Waals surface area contributed by atoms with Crippen molar-refractivity contribution in [2.24, 2.45) is 5.10 Å². The standard InChI is InChI=1S/C36H47N11O13P2/c1-46(15-13-36(53,61(54)55)62(56,57)58)14-4-16-59-26-6-3-5-22(17-26)18-40-45-28(48)21-60-34(52)27(11-12-29(49)50)42-33(51)23-7-9-25(10-8-23)47(2)20-24-19-39-32-30(41-24)31(37)43-35(38)44-32/h3,5-10,17-19,27,53-55H,4,11-16,20-21H2,1-2H3,(H,42,51)(H,45,48)(H,49,50)(H2,56,57,58)(H4,37,38,39,43,44)/b40-18+. The molecule has 2 aromatic carbocycles. The topological polar surface area (TPSA) is 372 Å². The molecule has 2 aromatic heterocycles. The highest BCUT2D eigenvalue weighted by Gasteiger charge is 2.51. The first-order valence-electron chi connectivity index (χ1n) is 18.5. The minimum Gasteiger partial charge on any atom is -0.494 e. The molecule has 2 amide bonds. The number of carbonyl (C=O) groups is 4. The van der Waals surface area contributed by atoms with Crippen molar-refractivity contribution >= 4 is 74.6 Å². The van der Waals surface area contributed by atoms with Crippen LogP contribution < -0.4 is 31.8 Å². The van der Waals surface area contributed by atoms with Crippen LogP contribution in [0.2, 0.25) is 0 Å². The van der Waals surface area contributed by atoms with E-state index in [-0.39, 0.29) is 42.5 Å². The van der Waals surface area contributed by atoms with Crippen molar-refractivity contribution in [3.63, 3.8) is 0 Å². The summed E-state index contributed by atoms with van der Waals surface area (Å²) in [7, 11) is -5.09. The number of nitrogens with two attached hydrogens (primary N) is 2. The number of carboxylic acid groups (broad SMARTS) is 1. The Balaban J connectivity index is 1.22. The number of hydrogen-bond acceptors (Lipinski definition) is 19. The molecule has 62 heavy (non-hydrogen) atoms. The van der Waals surface area contributed by atoms with Crippen LogP contribution in [0.4, 0.5) is 17.5 Å². The van der Waals surface area contributed by atoms with E-state index >= 15 is 0 Å². The third-order valence-electron chi connectivity index (χ3n) is 8.88. The maximum absolute atomic E-state index is 13.1. The molecule has 0 bridgehead atoms. The molecule has 0 spiro atoms. The van der Waals surface area contributed by atoms with E-state index in [4.69, 9.17) is 20.9 Å². The van der Waals surface area contributed by atoms with Gasteiger partial charge in [-0.25, -0.2) is 20.2 Å². The van der Waals surface area contributed by atoms with Gasteiger partial charge in [0.05, 0.1) is 31.3 Å². The first-order chi connectivity index (χ1) is 29.2. The molecular weight excluding hydrogens is 856 g/mol. The second-order valence-corrected chi connectivity index (χ2v) is 17.2. The van der Waals surface area contributed by atoms with E-state index < -0.39 is 70.3 Å². The zero-order chi connectivity index (χ0) is 45.6. The van der Waals surface area contributed by atoms with E-state index in [1.807, 2.05) is 4.90 Å². The van der Waals surface area contributed by atoms with Crippen molar-refractivity contribution in [2.75, 3.05) is 56.8 Å². The molecule has 4 aromatic rings. The smallest absolute Gasteiger partial charge is 0.366 e. The van der Waals surface area contributed by atoms with Crippen molar-refractivity contribution in [3.05, 3.63) is 71.5 Å². The molecule has 0 saturated heterocycles. The van der Waals surface area contributed by atoms with Crippen LogP contribution in [0.15, 0.2) is 59.8 Å². The van der Waals surface area contributed by atoms with E-state index in [0.29, 0.717) is 47.7 Å². The van der Waals surface area contributed by atoms with Crippen LogP contribution >= 0.6 is 16.0 Å². The predicted molar refractivity (Wildman–Crippen MR) is 224 cm³/mol. The Bertz CT molecular complexity index is 2290.